The van der Waals surface area contributed by atoms with E-state index in [2.05, 4.69) is 6.92 Å². The molecule has 0 spiro atoms. The minimum absolute atomic E-state index is 0.968. The Morgan fingerprint density at radius 1 is 0.909 bits per heavy atom. The minimum Gasteiger partial charge on any atom is -0.313 e. The van der Waals surface area contributed by atoms with Gasteiger partial charge in [-0.1, -0.05) is 45.4 Å². The molecule has 1 N–H and O–H groups in total. The fraction of sp³-hybridized carbons (Fsp3) is 0.800. The van der Waals surface area contributed by atoms with Gasteiger partial charge in [-0.15, -0.1) is 0 Å². The van der Waals surface area contributed by atoms with Crippen LogP contribution in [-0.4, -0.2) is 6.21 Å². The molecule has 0 aromatic rings. The van der Waals surface area contributed by atoms with E-state index >= 15 is 0 Å². The third-order valence-corrected chi connectivity index (χ3v) is 1.85. The molecule has 0 aromatic heterocycles. The average Bonchev–Trinajstić information content (AvgIpc) is 2.03. The van der Waals surface area contributed by atoms with E-state index in [1.54, 1.807) is 0 Å². The summed E-state index contributed by atoms with van der Waals surface area (Å²) in [7, 11) is 0. The molecule has 1 heteroatoms. The van der Waals surface area contributed by atoms with Crippen LogP contribution in [0.15, 0.2) is 0 Å². The molecule has 0 aliphatic heterocycles. The fourth-order valence-electron chi connectivity index (χ4n) is 1.13. The number of hydrogen-bond acceptors (Lipinski definition) is 1. The molecule has 65 valence electrons. The molecule has 1 radical (unpaired) electrons. The highest BCUT2D eigenvalue weighted by atomic mass is 14.3. The first-order valence-electron chi connectivity index (χ1n) is 4.70. The lowest BCUT2D eigenvalue weighted by Gasteiger charge is -1.97. The van der Waals surface area contributed by atoms with Gasteiger partial charge in [-0.05, 0) is 19.1 Å². The zero-order valence-corrected chi connectivity index (χ0v) is 7.44. The minimum atomic E-state index is 0.968. The SMILES string of the molecule is [CH2]CCCCCCCCC=N. The third-order valence-electron chi connectivity index (χ3n) is 1.85. The van der Waals surface area contributed by atoms with E-state index in [9.17, 15) is 0 Å². The first kappa shape index (κ1) is 10.7. The summed E-state index contributed by atoms with van der Waals surface area (Å²) < 4.78 is 0. The maximum Gasteiger partial charge on any atom is -0.00477 e. The number of hydrogen-bond donors (Lipinski definition) is 1. The molecular weight excluding hydrogens is 134 g/mol. The maximum absolute atomic E-state index is 6.82. The highest BCUT2D eigenvalue weighted by molar-refractivity contribution is 5.52. The fourth-order valence-corrected chi connectivity index (χ4v) is 1.13. The number of rotatable bonds is 8. The normalized spacial score (nSPS) is 9.91. The molecule has 1 nitrogen and oxygen atoms in total. The Kier molecular flexibility index (Phi) is 9.38. The largest absolute Gasteiger partial charge is 0.313 e. The predicted molar refractivity (Wildman–Crippen MR) is 51.1 cm³/mol. The molecule has 11 heavy (non-hydrogen) atoms. The van der Waals surface area contributed by atoms with Crippen molar-refractivity contribution in [1.82, 2.24) is 0 Å². The quantitative estimate of drug-likeness (QED) is 0.408. The smallest absolute Gasteiger partial charge is 0.00477 e. The number of unbranched alkanes of at least 4 members (excludes halogenated alkanes) is 7. The average molecular weight is 154 g/mol. The van der Waals surface area contributed by atoms with Crippen LogP contribution in [0.4, 0.5) is 0 Å². The van der Waals surface area contributed by atoms with Crippen LogP contribution in [0.1, 0.15) is 51.4 Å². The van der Waals surface area contributed by atoms with E-state index in [0.29, 0.717) is 0 Å². The zero-order valence-electron chi connectivity index (χ0n) is 7.44. The lowest BCUT2D eigenvalue weighted by molar-refractivity contribution is 0.604. The maximum atomic E-state index is 6.82. The summed E-state index contributed by atoms with van der Waals surface area (Å²) in [5, 5.41) is 6.82. The lowest BCUT2D eigenvalue weighted by atomic mass is 10.1. The Bertz CT molecular complexity index is 78.9. The van der Waals surface area contributed by atoms with Crippen LogP contribution in [0.5, 0.6) is 0 Å². The van der Waals surface area contributed by atoms with E-state index in [4.69, 9.17) is 5.41 Å². The van der Waals surface area contributed by atoms with Crippen molar-refractivity contribution in [3.05, 3.63) is 6.92 Å². The van der Waals surface area contributed by atoms with Crippen LogP contribution >= 0.6 is 0 Å². The molecule has 0 saturated carbocycles. The van der Waals surface area contributed by atoms with E-state index in [-0.39, 0.29) is 0 Å². The molecule has 0 rings (SSSR count). The van der Waals surface area contributed by atoms with Gasteiger partial charge < -0.3 is 5.41 Å². The number of nitrogens with one attached hydrogen (secondary N) is 1. The van der Waals surface area contributed by atoms with Crippen molar-refractivity contribution < 1.29 is 0 Å². The summed E-state index contributed by atoms with van der Waals surface area (Å²) in [6, 6.07) is 0. The highest BCUT2D eigenvalue weighted by Crippen LogP contribution is 2.07. The third kappa shape index (κ3) is 9.67. The molecule has 0 heterocycles. The van der Waals surface area contributed by atoms with Gasteiger partial charge in [0.25, 0.3) is 0 Å². The van der Waals surface area contributed by atoms with Crippen molar-refractivity contribution in [2.75, 3.05) is 0 Å². The van der Waals surface area contributed by atoms with E-state index in [1.807, 2.05) is 0 Å². The van der Waals surface area contributed by atoms with Crippen molar-refractivity contribution in [2.24, 2.45) is 0 Å². The van der Waals surface area contributed by atoms with Crippen LogP contribution in [0.25, 0.3) is 0 Å². The molecule has 0 saturated heterocycles. The van der Waals surface area contributed by atoms with Crippen LogP contribution in [-0.2, 0) is 0 Å². The van der Waals surface area contributed by atoms with Crippen LogP contribution in [0.3, 0.4) is 0 Å². The van der Waals surface area contributed by atoms with Gasteiger partial charge >= 0.3 is 0 Å². The molecule has 0 aliphatic carbocycles. The second kappa shape index (κ2) is 9.67. The Balaban J connectivity index is 2.74. The van der Waals surface area contributed by atoms with Crippen molar-refractivity contribution in [2.45, 2.75) is 51.4 Å². The van der Waals surface area contributed by atoms with Gasteiger partial charge in [-0.2, -0.15) is 0 Å². The summed E-state index contributed by atoms with van der Waals surface area (Å²) in [5.41, 5.74) is 0. The molecular formula is C10H20N. The molecule has 0 unspecified atom stereocenters. The first-order valence-corrected chi connectivity index (χ1v) is 4.70. The van der Waals surface area contributed by atoms with E-state index in [1.165, 1.54) is 44.7 Å². The Morgan fingerprint density at radius 3 is 2.00 bits per heavy atom. The first-order chi connectivity index (χ1) is 5.41. The van der Waals surface area contributed by atoms with Gasteiger partial charge in [0.05, 0.1) is 0 Å². The lowest BCUT2D eigenvalue weighted by Crippen LogP contribution is -1.80. The second-order valence-corrected chi connectivity index (χ2v) is 2.97. The summed E-state index contributed by atoms with van der Waals surface area (Å²) in [6.45, 7) is 3.80. The zero-order chi connectivity index (χ0) is 8.36. The highest BCUT2D eigenvalue weighted by Gasteiger charge is 1.88. The van der Waals surface area contributed by atoms with Gasteiger partial charge in [0, 0.05) is 0 Å². The van der Waals surface area contributed by atoms with Crippen molar-refractivity contribution in [1.29, 1.82) is 5.41 Å². The van der Waals surface area contributed by atoms with E-state index in [0.717, 1.165) is 12.8 Å². The van der Waals surface area contributed by atoms with Crippen LogP contribution < -0.4 is 0 Å². The van der Waals surface area contributed by atoms with Gasteiger partial charge in [0.1, 0.15) is 0 Å². The Hall–Kier alpha value is -0.330. The van der Waals surface area contributed by atoms with Gasteiger partial charge in [0.15, 0.2) is 0 Å². The van der Waals surface area contributed by atoms with Gasteiger partial charge in [-0.3, -0.25) is 0 Å². The molecule has 0 bridgehead atoms. The van der Waals surface area contributed by atoms with E-state index < -0.39 is 0 Å². The van der Waals surface area contributed by atoms with Gasteiger partial charge in [-0.25, -0.2) is 0 Å². The molecule has 0 amide bonds. The molecule has 0 aliphatic rings. The molecule has 0 atom stereocenters. The van der Waals surface area contributed by atoms with Crippen LogP contribution in [0, 0.1) is 12.3 Å². The predicted octanol–water partition coefficient (Wildman–Crippen LogP) is 3.59. The molecule has 0 aromatic carbocycles. The summed E-state index contributed by atoms with van der Waals surface area (Å²) in [5.74, 6) is 0. The monoisotopic (exact) mass is 154 g/mol. The summed E-state index contributed by atoms with van der Waals surface area (Å²) in [6.07, 6.45) is 11.4. The topological polar surface area (TPSA) is 23.9 Å². The van der Waals surface area contributed by atoms with Crippen LogP contribution in [0.2, 0.25) is 0 Å². The summed E-state index contributed by atoms with van der Waals surface area (Å²) >= 11 is 0. The Labute approximate surface area is 70.7 Å². The van der Waals surface area contributed by atoms with Gasteiger partial charge in [0.2, 0.25) is 0 Å². The second-order valence-electron chi connectivity index (χ2n) is 2.97. The molecule has 0 fully saturated rings. The standard InChI is InChI=1S/C10H20N/c1-2-3-4-5-6-7-8-9-10-11/h10-11H,1-9H2. The summed E-state index contributed by atoms with van der Waals surface area (Å²) in [4.78, 5) is 0. The van der Waals surface area contributed by atoms with Crippen molar-refractivity contribution >= 4 is 6.21 Å². The van der Waals surface area contributed by atoms with Crippen molar-refractivity contribution in [3.63, 3.8) is 0 Å². The Morgan fingerprint density at radius 2 is 1.45 bits per heavy atom. The van der Waals surface area contributed by atoms with Crippen molar-refractivity contribution in [3.8, 4) is 0 Å².